The van der Waals surface area contributed by atoms with Crippen molar-refractivity contribution < 1.29 is 4.79 Å². The van der Waals surface area contributed by atoms with Crippen molar-refractivity contribution in [1.82, 2.24) is 19.6 Å². The minimum atomic E-state index is 0.181. The molecule has 0 radical (unpaired) electrons. The fourth-order valence-corrected chi connectivity index (χ4v) is 3.29. The lowest BCUT2D eigenvalue weighted by molar-refractivity contribution is -0.117. The predicted molar refractivity (Wildman–Crippen MR) is 85.4 cm³/mol. The zero-order chi connectivity index (χ0) is 15.7. The summed E-state index contributed by atoms with van der Waals surface area (Å²) in [7, 11) is 3.79. The van der Waals surface area contributed by atoms with Crippen molar-refractivity contribution in [1.29, 1.82) is 0 Å². The molecule has 0 bridgehead atoms. The van der Waals surface area contributed by atoms with Gasteiger partial charge in [0.25, 0.3) is 0 Å². The molecule has 2 rings (SSSR count). The third-order valence-corrected chi connectivity index (χ3v) is 4.82. The van der Waals surface area contributed by atoms with E-state index in [-0.39, 0.29) is 5.78 Å². The highest BCUT2D eigenvalue weighted by Crippen LogP contribution is 2.23. The smallest absolute Gasteiger partial charge is 0.143 e. The minimum Gasteiger partial charge on any atom is -0.299 e. The molecule has 0 fully saturated rings. The van der Waals surface area contributed by atoms with Gasteiger partial charge >= 0.3 is 0 Å². The third kappa shape index (κ3) is 3.10. The first-order valence-electron chi connectivity index (χ1n) is 7.06. The maximum atomic E-state index is 12.4. The SMILES string of the molecule is CCc1nn(C)c(CC(=O)Cc2c(C)nn(C)c2C)c1Br. The molecule has 2 heterocycles. The number of Topliss-reactive ketones (excluding diaryl/α,β-unsaturated/α-hetero) is 1. The highest BCUT2D eigenvalue weighted by Gasteiger charge is 2.18. The fraction of sp³-hybridized carbons (Fsp3) is 0.533. The molecule has 6 heteroatoms. The Hall–Kier alpha value is -1.43. The molecule has 21 heavy (non-hydrogen) atoms. The molecule has 114 valence electrons. The number of hydrogen-bond donors (Lipinski definition) is 0. The van der Waals surface area contributed by atoms with Gasteiger partial charge in [-0.05, 0) is 36.2 Å². The second kappa shape index (κ2) is 6.13. The van der Waals surface area contributed by atoms with E-state index < -0.39 is 0 Å². The number of aryl methyl sites for hydroxylation is 4. The van der Waals surface area contributed by atoms with Gasteiger partial charge in [0, 0.05) is 38.2 Å². The van der Waals surface area contributed by atoms with Crippen LogP contribution in [-0.2, 0) is 38.2 Å². The molecule has 0 amide bonds. The van der Waals surface area contributed by atoms with Crippen LogP contribution in [0.4, 0.5) is 0 Å². The summed E-state index contributed by atoms with van der Waals surface area (Å²) in [5, 5.41) is 8.79. The zero-order valence-corrected chi connectivity index (χ0v) is 14.8. The molecular weight excluding hydrogens is 332 g/mol. The van der Waals surface area contributed by atoms with Crippen molar-refractivity contribution in [3.8, 4) is 0 Å². The summed E-state index contributed by atoms with van der Waals surface area (Å²) in [4.78, 5) is 12.4. The summed E-state index contributed by atoms with van der Waals surface area (Å²) >= 11 is 3.56. The van der Waals surface area contributed by atoms with Crippen LogP contribution in [-0.4, -0.2) is 25.3 Å². The van der Waals surface area contributed by atoms with Crippen molar-refractivity contribution in [3.63, 3.8) is 0 Å². The van der Waals surface area contributed by atoms with E-state index in [4.69, 9.17) is 0 Å². The Morgan fingerprint density at radius 1 is 1.14 bits per heavy atom. The van der Waals surface area contributed by atoms with Gasteiger partial charge in [0.15, 0.2) is 0 Å². The molecule has 0 N–H and O–H groups in total. The second-order valence-electron chi connectivity index (χ2n) is 5.35. The van der Waals surface area contributed by atoms with Crippen molar-refractivity contribution in [3.05, 3.63) is 32.8 Å². The van der Waals surface area contributed by atoms with Crippen LogP contribution in [0.3, 0.4) is 0 Å². The van der Waals surface area contributed by atoms with Gasteiger partial charge in [0.05, 0.1) is 21.6 Å². The monoisotopic (exact) mass is 352 g/mol. The van der Waals surface area contributed by atoms with E-state index in [1.54, 1.807) is 4.68 Å². The van der Waals surface area contributed by atoms with E-state index in [0.717, 1.165) is 39.2 Å². The summed E-state index contributed by atoms with van der Waals surface area (Å²) < 4.78 is 4.58. The number of carbonyl (C=O) groups is 1. The highest BCUT2D eigenvalue weighted by molar-refractivity contribution is 9.10. The molecule has 0 aliphatic heterocycles. The van der Waals surface area contributed by atoms with Crippen LogP contribution in [0.15, 0.2) is 4.47 Å². The van der Waals surface area contributed by atoms with Crippen molar-refractivity contribution in [2.45, 2.75) is 40.0 Å². The average Bonchev–Trinajstić information content (AvgIpc) is 2.83. The lowest BCUT2D eigenvalue weighted by Gasteiger charge is -2.04. The summed E-state index contributed by atoms with van der Waals surface area (Å²) in [6.07, 6.45) is 1.66. The zero-order valence-electron chi connectivity index (χ0n) is 13.2. The number of nitrogens with zero attached hydrogens (tertiary/aromatic N) is 4. The van der Waals surface area contributed by atoms with Gasteiger partial charge in [-0.1, -0.05) is 6.92 Å². The first kappa shape index (κ1) is 15.9. The predicted octanol–water partition coefficient (Wildman–Crippen LogP) is 2.45. The highest BCUT2D eigenvalue weighted by atomic mass is 79.9. The van der Waals surface area contributed by atoms with Gasteiger partial charge in [0.1, 0.15) is 5.78 Å². The maximum Gasteiger partial charge on any atom is 0.143 e. The third-order valence-electron chi connectivity index (χ3n) is 3.90. The quantitative estimate of drug-likeness (QED) is 0.830. The van der Waals surface area contributed by atoms with Crippen molar-refractivity contribution >= 4 is 21.7 Å². The molecular formula is C15H21BrN4O. The van der Waals surface area contributed by atoms with Gasteiger partial charge in [0.2, 0.25) is 0 Å². The molecule has 5 nitrogen and oxygen atoms in total. The van der Waals surface area contributed by atoms with E-state index in [2.05, 4.69) is 33.1 Å². The largest absolute Gasteiger partial charge is 0.299 e. The number of ketones is 1. The van der Waals surface area contributed by atoms with Gasteiger partial charge in [-0.15, -0.1) is 0 Å². The van der Waals surface area contributed by atoms with Gasteiger partial charge in [-0.3, -0.25) is 14.2 Å². The Labute approximate surface area is 133 Å². The van der Waals surface area contributed by atoms with Crippen LogP contribution in [0.25, 0.3) is 0 Å². The van der Waals surface area contributed by atoms with E-state index in [0.29, 0.717) is 12.8 Å². The van der Waals surface area contributed by atoms with E-state index in [9.17, 15) is 4.79 Å². The first-order chi connectivity index (χ1) is 9.85. The van der Waals surface area contributed by atoms with Crippen LogP contribution in [0.5, 0.6) is 0 Å². The topological polar surface area (TPSA) is 52.7 Å². The lowest BCUT2D eigenvalue weighted by atomic mass is 10.0. The van der Waals surface area contributed by atoms with Gasteiger partial charge < -0.3 is 0 Å². The molecule has 0 spiro atoms. The summed E-state index contributed by atoms with van der Waals surface area (Å²) in [6, 6.07) is 0. The maximum absolute atomic E-state index is 12.4. The van der Waals surface area contributed by atoms with Crippen LogP contribution < -0.4 is 0 Å². The Morgan fingerprint density at radius 3 is 2.29 bits per heavy atom. The van der Waals surface area contributed by atoms with Crippen LogP contribution in [0.2, 0.25) is 0 Å². The summed E-state index contributed by atoms with van der Waals surface area (Å²) in [6.45, 7) is 6.00. The minimum absolute atomic E-state index is 0.181. The number of aromatic nitrogens is 4. The van der Waals surface area contributed by atoms with Crippen molar-refractivity contribution in [2.75, 3.05) is 0 Å². The second-order valence-corrected chi connectivity index (χ2v) is 6.14. The Balaban J connectivity index is 2.17. The number of hydrogen-bond acceptors (Lipinski definition) is 3. The first-order valence-corrected chi connectivity index (χ1v) is 7.85. The molecule has 0 aromatic carbocycles. The van der Waals surface area contributed by atoms with Crippen molar-refractivity contribution in [2.24, 2.45) is 14.1 Å². The standard InChI is InChI=1S/C15H21BrN4O/c1-6-13-15(16)14(20(5)18-13)8-11(21)7-12-9(2)17-19(4)10(12)3/h6-8H2,1-5H3. The van der Waals surface area contributed by atoms with E-state index in [1.165, 1.54) is 0 Å². The number of carbonyl (C=O) groups excluding carboxylic acids is 1. The molecule has 0 saturated heterocycles. The molecule has 2 aromatic heterocycles. The van der Waals surface area contributed by atoms with Crippen LogP contribution in [0, 0.1) is 13.8 Å². The van der Waals surface area contributed by atoms with E-state index >= 15 is 0 Å². The summed E-state index contributed by atoms with van der Waals surface area (Å²) in [5.74, 6) is 0.181. The summed E-state index contributed by atoms with van der Waals surface area (Å²) in [5.41, 5.74) is 4.96. The normalized spacial score (nSPS) is 11.1. The Bertz CT molecular complexity index is 684. The number of rotatable bonds is 5. The van der Waals surface area contributed by atoms with E-state index in [1.807, 2.05) is 32.6 Å². The van der Waals surface area contributed by atoms with Gasteiger partial charge in [-0.2, -0.15) is 10.2 Å². The average molecular weight is 353 g/mol. The lowest BCUT2D eigenvalue weighted by Crippen LogP contribution is -2.11. The molecule has 0 saturated carbocycles. The molecule has 2 aromatic rings. The molecule has 0 atom stereocenters. The molecule has 0 aliphatic rings. The van der Waals surface area contributed by atoms with Crippen LogP contribution in [0.1, 0.15) is 35.3 Å². The Morgan fingerprint density at radius 2 is 1.81 bits per heavy atom. The fourth-order valence-electron chi connectivity index (χ4n) is 2.53. The van der Waals surface area contributed by atoms with Gasteiger partial charge in [-0.25, -0.2) is 0 Å². The van der Waals surface area contributed by atoms with Crippen LogP contribution >= 0.6 is 15.9 Å². The molecule has 0 unspecified atom stereocenters. The Kier molecular flexibility index (Phi) is 4.66. The number of halogens is 1. The molecule has 0 aliphatic carbocycles.